The minimum absolute atomic E-state index is 0.168. The van der Waals surface area contributed by atoms with Crippen molar-refractivity contribution < 1.29 is 4.79 Å². The Kier molecular flexibility index (Phi) is 5.48. The summed E-state index contributed by atoms with van der Waals surface area (Å²) in [5, 5.41) is 6.71. The maximum Gasteiger partial charge on any atom is 0.224 e. The number of carbonyl (C=O) groups is 1. The first kappa shape index (κ1) is 15.8. The lowest BCUT2D eigenvalue weighted by molar-refractivity contribution is -0.127. The van der Waals surface area contributed by atoms with Crippen molar-refractivity contribution in [1.82, 2.24) is 10.6 Å². The predicted octanol–water partition coefficient (Wildman–Crippen LogP) is 3.10. The third-order valence-corrected chi connectivity index (χ3v) is 5.24. The maximum atomic E-state index is 12.4. The number of hydrogen-bond acceptors (Lipinski definition) is 2. The van der Waals surface area contributed by atoms with Gasteiger partial charge in [0, 0.05) is 12.6 Å². The highest BCUT2D eigenvalue weighted by molar-refractivity contribution is 5.79. The standard InChI is InChI=1S/C17H32N2O/c1-13(2)11-17(8-4-5-9-17)12-19-16(20)15-7-6-10-18-14(15)3/h13-15,18H,4-12H2,1-3H3,(H,19,20). The van der Waals surface area contributed by atoms with E-state index >= 15 is 0 Å². The summed E-state index contributed by atoms with van der Waals surface area (Å²) in [7, 11) is 0. The molecular formula is C17H32N2O. The molecule has 20 heavy (non-hydrogen) atoms. The zero-order valence-electron chi connectivity index (χ0n) is 13.5. The molecule has 0 aromatic rings. The van der Waals surface area contributed by atoms with Gasteiger partial charge in [-0.25, -0.2) is 0 Å². The Hall–Kier alpha value is -0.570. The van der Waals surface area contributed by atoms with E-state index in [1.165, 1.54) is 32.1 Å². The van der Waals surface area contributed by atoms with Crippen LogP contribution in [0.25, 0.3) is 0 Å². The molecule has 1 aliphatic carbocycles. The lowest BCUT2D eigenvalue weighted by Gasteiger charge is -2.34. The Morgan fingerprint density at radius 3 is 2.60 bits per heavy atom. The van der Waals surface area contributed by atoms with Gasteiger partial charge in [0.05, 0.1) is 5.92 Å². The lowest BCUT2D eigenvalue weighted by Crippen LogP contribution is -2.48. The van der Waals surface area contributed by atoms with E-state index < -0.39 is 0 Å². The molecule has 1 saturated heterocycles. The molecule has 3 heteroatoms. The lowest BCUT2D eigenvalue weighted by atomic mass is 9.78. The number of rotatable bonds is 5. The van der Waals surface area contributed by atoms with Gasteiger partial charge in [-0.2, -0.15) is 0 Å². The first-order valence-electron chi connectivity index (χ1n) is 8.53. The second-order valence-corrected chi connectivity index (χ2v) is 7.51. The Labute approximate surface area is 124 Å². The third kappa shape index (κ3) is 3.97. The van der Waals surface area contributed by atoms with E-state index in [9.17, 15) is 4.79 Å². The van der Waals surface area contributed by atoms with Crippen molar-refractivity contribution in [2.24, 2.45) is 17.3 Å². The van der Waals surface area contributed by atoms with Gasteiger partial charge in [-0.15, -0.1) is 0 Å². The van der Waals surface area contributed by atoms with Crippen molar-refractivity contribution in [3.8, 4) is 0 Å². The molecule has 1 amide bonds. The van der Waals surface area contributed by atoms with E-state index in [0.717, 1.165) is 31.8 Å². The quantitative estimate of drug-likeness (QED) is 0.812. The van der Waals surface area contributed by atoms with E-state index in [1.54, 1.807) is 0 Å². The molecule has 2 rings (SSSR count). The Balaban J connectivity index is 1.87. The molecule has 116 valence electrons. The van der Waals surface area contributed by atoms with Crippen LogP contribution in [0.4, 0.5) is 0 Å². The molecule has 1 heterocycles. The van der Waals surface area contributed by atoms with Crippen molar-refractivity contribution in [3.63, 3.8) is 0 Å². The average Bonchev–Trinajstić information content (AvgIpc) is 2.84. The number of amides is 1. The normalized spacial score (nSPS) is 29.6. The Morgan fingerprint density at radius 1 is 1.30 bits per heavy atom. The Morgan fingerprint density at radius 2 is 2.00 bits per heavy atom. The summed E-state index contributed by atoms with van der Waals surface area (Å²) < 4.78 is 0. The number of carbonyl (C=O) groups excluding carboxylic acids is 1. The first-order valence-corrected chi connectivity index (χ1v) is 8.53. The highest BCUT2D eigenvalue weighted by Gasteiger charge is 2.36. The summed E-state index contributed by atoms with van der Waals surface area (Å²) in [5.74, 6) is 1.17. The smallest absolute Gasteiger partial charge is 0.224 e. The van der Waals surface area contributed by atoms with Crippen LogP contribution >= 0.6 is 0 Å². The molecule has 0 bridgehead atoms. The van der Waals surface area contributed by atoms with Gasteiger partial charge in [0.1, 0.15) is 0 Å². The second kappa shape index (κ2) is 6.93. The molecule has 2 N–H and O–H groups in total. The van der Waals surface area contributed by atoms with Crippen LogP contribution in [0.1, 0.15) is 65.7 Å². The van der Waals surface area contributed by atoms with Crippen LogP contribution in [-0.4, -0.2) is 25.0 Å². The first-order chi connectivity index (χ1) is 9.52. The molecule has 0 spiro atoms. The predicted molar refractivity (Wildman–Crippen MR) is 83.6 cm³/mol. The van der Waals surface area contributed by atoms with E-state index in [1.807, 2.05) is 0 Å². The minimum Gasteiger partial charge on any atom is -0.355 e. The molecule has 0 aromatic carbocycles. The van der Waals surface area contributed by atoms with Crippen LogP contribution in [0.3, 0.4) is 0 Å². The third-order valence-electron chi connectivity index (χ3n) is 5.24. The molecule has 0 aromatic heterocycles. The van der Waals surface area contributed by atoms with E-state index in [2.05, 4.69) is 31.4 Å². The van der Waals surface area contributed by atoms with Crippen molar-refractivity contribution in [2.45, 2.75) is 71.8 Å². The zero-order chi connectivity index (χ0) is 14.6. The number of hydrogen-bond donors (Lipinski definition) is 2. The summed E-state index contributed by atoms with van der Waals surface area (Å²) >= 11 is 0. The molecule has 1 saturated carbocycles. The molecule has 2 fully saturated rings. The highest BCUT2D eigenvalue weighted by Crippen LogP contribution is 2.42. The number of piperidine rings is 1. The van der Waals surface area contributed by atoms with Crippen LogP contribution in [0.2, 0.25) is 0 Å². The van der Waals surface area contributed by atoms with Gasteiger partial charge in [0.2, 0.25) is 5.91 Å². The van der Waals surface area contributed by atoms with Crippen LogP contribution in [0, 0.1) is 17.3 Å². The van der Waals surface area contributed by atoms with Gasteiger partial charge >= 0.3 is 0 Å². The molecule has 0 radical (unpaired) electrons. The van der Waals surface area contributed by atoms with Crippen molar-refractivity contribution >= 4 is 5.91 Å². The maximum absolute atomic E-state index is 12.4. The van der Waals surface area contributed by atoms with Gasteiger partial charge in [0.25, 0.3) is 0 Å². The fraction of sp³-hybridized carbons (Fsp3) is 0.941. The van der Waals surface area contributed by atoms with Crippen molar-refractivity contribution in [3.05, 3.63) is 0 Å². The van der Waals surface area contributed by atoms with Gasteiger partial charge < -0.3 is 10.6 Å². The monoisotopic (exact) mass is 280 g/mol. The number of nitrogens with one attached hydrogen (secondary N) is 2. The van der Waals surface area contributed by atoms with Crippen molar-refractivity contribution in [2.75, 3.05) is 13.1 Å². The van der Waals surface area contributed by atoms with E-state index in [-0.39, 0.29) is 11.8 Å². The summed E-state index contributed by atoms with van der Waals surface area (Å²) in [5.41, 5.74) is 0.384. The van der Waals surface area contributed by atoms with Crippen molar-refractivity contribution in [1.29, 1.82) is 0 Å². The largest absolute Gasteiger partial charge is 0.355 e. The zero-order valence-corrected chi connectivity index (χ0v) is 13.5. The molecule has 3 nitrogen and oxygen atoms in total. The van der Waals surface area contributed by atoms with Crippen LogP contribution < -0.4 is 10.6 Å². The summed E-state index contributed by atoms with van der Waals surface area (Å²) in [6.07, 6.45) is 8.68. The minimum atomic E-state index is 0.168. The SMILES string of the molecule is CC(C)CC1(CNC(=O)C2CCCNC2C)CCCC1. The molecular weight excluding hydrogens is 248 g/mol. The molecule has 2 unspecified atom stereocenters. The fourth-order valence-corrected chi connectivity index (χ4v) is 4.25. The molecule has 2 aliphatic rings. The van der Waals surface area contributed by atoms with Gasteiger partial charge in [-0.3, -0.25) is 4.79 Å². The van der Waals surface area contributed by atoms with E-state index in [4.69, 9.17) is 0 Å². The summed E-state index contributed by atoms with van der Waals surface area (Å²) in [6, 6.07) is 0.327. The molecule has 1 aliphatic heterocycles. The summed E-state index contributed by atoms with van der Waals surface area (Å²) in [6.45, 7) is 8.70. The Bertz CT molecular complexity index is 321. The fourth-order valence-electron chi connectivity index (χ4n) is 4.25. The second-order valence-electron chi connectivity index (χ2n) is 7.51. The van der Waals surface area contributed by atoms with Crippen LogP contribution in [-0.2, 0) is 4.79 Å². The average molecular weight is 280 g/mol. The topological polar surface area (TPSA) is 41.1 Å². The van der Waals surface area contributed by atoms with Crippen LogP contribution in [0.5, 0.6) is 0 Å². The highest BCUT2D eigenvalue weighted by atomic mass is 16.1. The van der Waals surface area contributed by atoms with Gasteiger partial charge in [-0.1, -0.05) is 26.7 Å². The van der Waals surface area contributed by atoms with Gasteiger partial charge in [0.15, 0.2) is 0 Å². The summed E-state index contributed by atoms with van der Waals surface area (Å²) in [4.78, 5) is 12.4. The van der Waals surface area contributed by atoms with Crippen LogP contribution in [0.15, 0.2) is 0 Å². The van der Waals surface area contributed by atoms with E-state index in [0.29, 0.717) is 11.5 Å². The molecule has 2 atom stereocenters. The van der Waals surface area contributed by atoms with Gasteiger partial charge in [-0.05, 0) is 56.9 Å².